The molecule has 1 saturated carbocycles. The number of nitrogens with zero attached hydrogens (tertiary/aromatic N) is 1. The second-order valence-electron chi connectivity index (χ2n) is 4.28. The summed E-state index contributed by atoms with van der Waals surface area (Å²) in [5.74, 6) is 0. The summed E-state index contributed by atoms with van der Waals surface area (Å²) in [7, 11) is 0. The van der Waals surface area contributed by atoms with Gasteiger partial charge in [0.25, 0.3) is 0 Å². The first-order valence-corrected chi connectivity index (χ1v) is 5.97. The van der Waals surface area contributed by atoms with E-state index in [0.717, 1.165) is 12.1 Å². The number of nitrogens with two attached hydrogens (primary N) is 1. The van der Waals surface area contributed by atoms with Crippen LogP contribution in [0.15, 0.2) is 18.2 Å². The Balaban J connectivity index is 2.05. The van der Waals surface area contributed by atoms with E-state index in [-0.39, 0.29) is 6.61 Å². The Morgan fingerprint density at radius 1 is 1.44 bits per heavy atom. The molecule has 16 heavy (non-hydrogen) atoms. The van der Waals surface area contributed by atoms with Crippen molar-refractivity contribution in [1.82, 2.24) is 4.90 Å². The first-order valence-electron chi connectivity index (χ1n) is 5.59. The summed E-state index contributed by atoms with van der Waals surface area (Å²) in [6.07, 6.45) is 2.46. The second-order valence-corrected chi connectivity index (χ2v) is 4.68. The highest BCUT2D eigenvalue weighted by Crippen LogP contribution is 2.29. The maximum atomic E-state index is 9.01. The molecule has 0 amide bonds. The van der Waals surface area contributed by atoms with Crippen molar-refractivity contribution in [1.29, 1.82) is 0 Å². The van der Waals surface area contributed by atoms with E-state index in [2.05, 4.69) is 4.90 Å². The number of nitrogen functional groups attached to an aromatic ring is 1. The molecule has 2 rings (SSSR count). The largest absolute Gasteiger partial charge is 0.399 e. The molecule has 0 unspecified atom stereocenters. The maximum absolute atomic E-state index is 9.01. The van der Waals surface area contributed by atoms with Crippen LogP contribution in [-0.2, 0) is 6.54 Å². The molecule has 0 heterocycles. The van der Waals surface area contributed by atoms with E-state index < -0.39 is 0 Å². The number of benzene rings is 1. The SMILES string of the molecule is Nc1ccc(CN(CCO)C2CC2)c(Cl)c1. The highest BCUT2D eigenvalue weighted by Gasteiger charge is 2.28. The topological polar surface area (TPSA) is 49.5 Å². The van der Waals surface area contributed by atoms with Gasteiger partial charge in [0.1, 0.15) is 0 Å². The molecule has 88 valence electrons. The molecule has 0 atom stereocenters. The fourth-order valence-corrected chi connectivity index (χ4v) is 2.12. The van der Waals surface area contributed by atoms with Gasteiger partial charge in [0.05, 0.1) is 6.61 Å². The Morgan fingerprint density at radius 2 is 2.19 bits per heavy atom. The van der Waals surface area contributed by atoms with Crippen LogP contribution in [0.4, 0.5) is 5.69 Å². The van der Waals surface area contributed by atoms with Gasteiger partial charge in [0.15, 0.2) is 0 Å². The van der Waals surface area contributed by atoms with Crippen LogP contribution in [0, 0.1) is 0 Å². The monoisotopic (exact) mass is 240 g/mol. The summed E-state index contributed by atoms with van der Waals surface area (Å²) in [4.78, 5) is 2.28. The average Bonchev–Trinajstić information content (AvgIpc) is 3.04. The Bertz CT molecular complexity index is 366. The number of halogens is 1. The van der Waals surface area contributed by atoms with Crippen molar-refractivity contribution in [2.24, 2.45) is 0 Å². The summed E-state index contributed by atoms with van der Waals surface area (Å²) >= 11 is 6.13. The Kier molecular flexibility index (Phi) is 3.69. The van der Waals surface area contributed by atoms with Crippen LogP contribution in [0.2, 0.25) is 5.02 Å². The van der Waals surface area contributed by atoms with E-state index in [1.165, 1.54) is 12.8 Å². The van der Waals surface area contributed by atoms with Gasteiger partial charge in [0, 0.05) is 29.8 Å². The highest BCUT2D eigenvalue weighted by molar-refractivity contribution is 6.31. The Morgan fingerprint density at radius 3 is 2.75 bits per heavy atom. The number of hydrogen-bond acceptors (Lipinski definition) is 3. The van der Waals surface area contributed by atoms with Crippen molar-refractivity contribution < 1.29 is 5.11 Å². The molecule has 0 bridgehead atoms. The van der Waals surface area contributed by atoms with Crippen LogP contribution in [0.25, 0.3) is 0 Å². The standard InChI is InChI=1S/C12H17ClN2O/c13-12-7-10(14)2-1-9(12)8-15(5-6-16)11-3-4-11/h1-2,7,11,16H,3-6,8,14H2. The minimum absolute atomic E-state index is 0.198. The lowest BCUT2D eigenvalue weighted by Crippen LogP contribution is -2.28. The zero-order chi connectivity index (χ0) is 11.5. The minimum Gasteiger partial charge on any atom is -0.399 e. The third kappa shape index (κ3) is 2.88. The molecule has 0 radical (unpaired) electrons. The predicted octanol–water partition coefficient (Wildman–Crippen LogP) is 1.88. The van der Waals surface area contributed by atoms with Crippen LogP contribution in [0.5, 0.6) is 0 Å². The van der Waals surface area contributed by atoms with Gasteiger partial charge >= 0.3 is 0 Å². The molecule has 1 aromatic rings. The zero-order valence-electron chi connectivity index (χ0n) is 9.19. The molecule has 3 nitrogen and oxygen atoms in total. The fourth-order valence-electron chi connectivity index (χ4n) is 1.87. The smallest absolute Gasteiger partial charge is 0.0558 e. The van der Waals surface area contributed by atoms with E-state index in [1.54, 1.807) is 6.07 Å². The molecule has 4 heteroatoms. The number of rotatable bonds is 5. The van der Waals surface area contributed by atoms with Crippen molar-refractivity contribution in [2.45, 2.75) is 25.4 Å². The number of aliphatic hydroxyl groups excluding tert-OH is 1. The van der Waals surface area contributed by atoms with Gasteiger partial charge in [-0.2, -0.15) is 0 Å². The molecule has 3 N–H and O–H groups in total. The molecule has 1 aromatic carbocycles. The van der Waals surface area contributed by atoms with Gasteiger partial charge in [-0.1, -0.05) is 17.7 Å². The maximum Gasteiger partial charge on any atom is 0.0558 e. The lowest BCUT2D eigenvalue weighted by molar-refractivity contribution is 0.183. The van der Waals surface area contributed by atoms with E-state index in [4.69, 9.17) is 22.4 Å². The molecule has 1 aliphatic rings. The van der Waals surface area contributed by atoms with E-state index >= 15 is 0 Å². The number of aliphatic hydroxyl groups is 1. The molecule has 0 aliphatic heterocycles. The molecule has 0 aromatic heterocycles. The van der Waals surface area contributed by atoms with E-state index in [9.17, 15) is 0 Å². The van der Waals surface area contributed by atoms with Gasteiger partial charge in [-0.25, -0.2) is 0 Å². The van der Waals surface area contributed by atoms with Crippen molar-refractivity contribution >= 4 is 17.3 Å². The van der Waals surface area contributed by atoms with Crippen LogP contribution >= 0.6 is 11.6 Å². The molecular weight excluding hydrogens is 224 g/mol. The number of anilines is 1. The third-order valence-corrected chi connectivity index (χ3v) is 3.25. The summed E-state index contributed by atoms with van der Waals surface area (Å²) in [6.45, 7) is 1.71. The summed E-state index contributed by atoms with van der Waals surface area (Å²) in [5, 5.41) is 9.72. The van der Waals surface area contributed by atoms with Gasteiger partial charge in [-0.3, -0.25) is 4.90 Å². The summed E-state index contributed by atoms with van der Waals surface area (Å²) < 4.78 is 0. The first-order chi connectivity index (χ1) is 7.70. The van der Waals surface area contributed by atoms with E-state index in [1.807, 2.05) is 12.1 Å². The first kappa shape index (κ1) is 11.7. The number of hydrogen-bond donors (Lipinski definition) is 2. The zero-order valence-corrected chi connectivity index (χ0v) is 9.95. The molecule has 0 spiro atoms. The van der Waals surface area contributed by atoms with Crippen molar-refractivity contribution in [3.63, 3.8) is 0 Å². The molecule has 1 aliphatic carbocycles. The lowest BCUT2D eigenvalue weighted by atomic mass is 10.2. The van der Waals surface area contributed by atoms with Crippen LogP contribution < -0.4 is 5.73 Å². The van der Waals surface area contributed by atoms with Crippen molar-refractivity contribution in [3.8, 4) is 0 Å². The van der Waals surface area contributed by atoms with Gasteiger partial charge in [0.2, 0.25) is 0 Å². The average molecular weight is 241 g/mol. The van der Waals surface area contributed by atoms with Crippen LogP contribution in [0.3, 0.4) is 0 Å². The quantitative estimate of drug-likeness (QED) is 0.773. The summed E-state index contributed by atoms with van der Waals surface area (Å²) in [5.41, 5.74) is 7.42. The van der Waals surface area contributed by atoms with Crippen molar-refractivity contribution in [2.75, 3.05) is 18.9 Å². The normalized spacial score (nSPS) is 15.7. The Labute approximate surface area is 101 Å². The molecule has 0 saturated heterocycles. The molecular formula is C12H17ClN2O. The van der Waals surface area contributed by atoms with Gasteiger partial charge in [-0.05, 0) is 30.5 Å². The minimum atomic E-state index is 0.198. The fraction of sp³-hybridized carbons (Fsp3) is 0.500. The van der Waals surface area contributed by atoms with Gasteiger partial charge in [-0.15, -0.1) is 0 Å². The van der Waals surface area contributed by atoms with Gasteiger partial charge < -0.3 is 10.8 Å². The van der Waals surface area contributed by atoms with E-state index in [0.29, 0.717) is 23.3 Å². The van der Waals surface area contributed by atoms with Crippen LogP contribution in [-0.4, -0.2) is 29.2 Å². The van der Waals surface area contributed by atoms with Crippen LogP contribution in [0.1, 0.15) is 18.4 Å². The van der Waals surface area contributed by atoms with Crippen molar-refractivity contribution in [3.05, 3.63) is 28.8 Å². The molecule has 1 fully saturated rings. The lowest BCUT2D eigenvalue weighted by Gasteiger charge is -2.21. The Hall–Kier alpha value is -0.770. The second kappa shape index (κ2) is 5.04. The predicted molar refractivity (Wildman–Crippen MR) is 66.4 cm³/mol. The highest BCUT2D eigenvalue weighted by atomic mass is 35.5. The summed E-state index contributed by atoms with van der Waals surface area (Å²) in [6, 6.07) is 6.23. The third-order valence-electron chi connectivity index (χ3n) is 2.90.